The van der Waals surface area contributed by atoms with Crippen LogP contribution >= 0.6 is 0 Å². The summed E-state index contributed by atoms with van der Waals surface area (Å²) in [5, 5.41) is 3.09. The molecule has 0 saturated heterocycles. The summed E-state index contributed by atoms with van der Waals surface area (Å²) in [6, 6.07) is 0.543. The molecule has 0 atom stereocenters. The van der Waals surface area contributed by atoms with E-state index in [1.165, 1.54) is 0 Å². The highest BCUT2D eigenvalue weighted by Gasteiger charge is 2.08. The van der Waals surface area contributed by atoms with E-state index in [1.807, 2.05) is 0 Å². The lowest BCUT2D eigenvalue weighted by molar-refractivity contribution is 0.268. The highest BCUT2D eigenvalue weighted by atomic mass is 32.2. The van der Waals surface area contributed by atoms with Gasteiger partial charge in [-0.3, -0.25) is 0 Å². The van der Waals surface area contributed by atoms with Gasteiger partial charge in [-0.25, -0.2) is 13.1 Å². The minimum atomic E-state index is -3.11. The second-order valence-electron chi connectivity index (χ2n) is 5.24. The first kappa shape index (κ1) is 18.8. The van der Waals surface area contributed by atoms with E-state index in [9.17, 15) is 8.42 Å². The molecule has 0 aromatic heterocycles. The van der Waals surface area contributed by atoms with E-state index in [2.05, 4.69) is 42.8 Å². The summed E-state index contributed by atoms with van der Waals surface area (Å²) in [7, 11) is -1.01. The molecule has 19 heavy (non-hydrogen) atoms. The second-order valence-corrected chi connectivity index (χ2v) is 7.17. The Bertz CT molecular complexity index is 305. The number of hydrogen-bond donors (Lipinski definition) is 2. The molecule has 0 unspecified atom stereocenters. The normalized spacial score (nSPS) is 12.5. The van der Waals surface area contributed by atoms with Crippen molar-refractivity contribution >= 4 is 10.0 Å². The van der Waals surface area contributed by atoms with Gasteiger partial charge in [0, 0.05) is 19.1 Å². The minimum absolute atomic E-state index is 0.166. The maximum Gasteiger partial charge on any atom is 0.212 e. The Balaban J connectivity index is 3.58. The largest absolute Gasteiger partial charge is 0.316 e. The molecule has 5 nitrogen and oxygen atoms in total. The monoisotopic (exact) mass is 293 g/mol. The molecule has 6 heteroatoms. The topological polar surface area (TPSA) is 61.4 Å². The molecule has 0 rings (SSSR count). The first-order valence-electron chi connectivity index (χ1n) is 7.27. The van der Waals surface area contributed by atoms with Crippen LogP contribution in [0.3, 0.4) is 0 Å². The number of rotatable bonds is 12. The van der Waals surface area contributed by atoms with Crippen LogP contribution in [0.25, 0.3) is 0 Å². The SMILES string of the molecule is CCCNCCS(=O)(=O)NCCCCN(C)C(C)C. The van der Waals surface area contributed by atoms with Crippen molar-refractivity contribution in [3.8, 4) is 0 Å². The van der Waals surface area contributed by atoms with Gasteiger partial charge in [0.2, 0.25) is 10.0 Å². The van der Waals surface area contributed by atoms with Crippen molar-refractivity contribution in [3.63, 3.8) is 0 Å². The quantitative estimate of drug-likeness (QED) is 0.528. The second kappa shape index (κ2) is 10.6. The Hall–Kier alpha value is -0.170. The van der Waals surface area contributed by atoms with Crippen LogP contribution in [-0.2, 0) is 10.0 Å². The van der Waals surface area contributed by atoms with Crippen LogP contribution in [0, 0.1) is 0 Å². The standard InChI is InChI=1S/C13H31N3O2S/c1-5-8-14-10-12-19(17,18)15-9-6-7-11-16(4)13(2)3/h13-15H,5-12H2,1-4H3. The molecular formula is C13H31N3O2S. The van der Waals surface area contributed by atoms with Gasteiger partial charge in [0.15, 0.2) is 0 Å². The molecule has 0 radical (unpaired) electrons. The van der Waals surface area contributed by atoms with Gasteiger partial charge in [-0.2, -0.15) is 0 Å². The van der Waals surface area contributed by atoms with Crippen LogP contribution in [0.5, 0.6) is 0 Å². The highest BCUT2D eigenvalue weighted by Crippen LogP contribution is 1.97. The van der Waals surface area contributed by atoms with Crippen molar-refractivity contribution in [1.82, 2.24) is 14.9 Å². The Kier molecular flexibility index (Phi) is 10.5. The van der Waals surface area contributed by atoms with E-state index in [0.717, 1.165) is 32.4 Å². The van der Waals surface area contributed by atoms with Gasteiger partial charge in [0.25, 0.3) is 0 Å². The molecule has 2 N–H and O–H groups in total. The fourth-order valence-electron chi connectivity index (χ4n) is 1.55. The van der Waals surface area contributed by atoms with Crippen LogP contribution in [0.4, 0.5) is 0 Å². The average molecular weight is 293 g/mol. The van der Waals surface area contributed by atoms with Crippen LogP contribution in [-0.4, -0.2) is 58.3 Å². The Labute approximate surface area is 119 Å². The van der Waals surface area contributed by atoms with Gasteiger partial charge < -0.3 is 10.2 Å². The number of unbranched alkanes of at least 4 members (excludes halogenated alkanes) is 1. The van der Waals surface area contributed by atoms with Crippen LogP contribution in [0.15, 0.2) is 0 Å². The van der Waals surface area contributed by atoms with Crippen molar-refractivity contribution in [2.45, 2.75) is 46.1 Å². The maximum absolute atomic E-state index is 11.6. The Morgan fingerprint density at radius 2 is 1.79 bits per heavy atom. The summed E-state index contributed by atoms with van der Waals surface area (Å²) < 4.78 is 25.9. The molecule has 0 bridgehead atoms. The van der Waals surface area contributed by atoms with E-state index >= 15 is 0 Å². The van der Waals surface area contributed by atoms with Crippen molar-refractivity contribution < 1.29 is 8.42 Å². The molecule has 0 amide bonds. The summed E-state index contributed by atoms with van der Waals surface area (Å²) >= 11 is 0. The third-order valence-corrected chi connectivity index (χ3v) is 4.50. The molecule has 0 aliphatic rings. The van der Waals surface area contributed by atoms with E-state index in [1.54, 1.807) is 0 Å². The zero-order chi connectivity index (χ0) is 14.7. The number of nitrogens with zero attached hydrogens (tertiary/aromatic N) is 1. The van der Waals surface area contributed by atoms with E-state index < -0.39 is 10.0 Å². The molecule has 0 spiro atoms. The van der Waals surface area contributed by atoms with Gasteiger partial charge in [-0.05, 0) is 53.2 Å². The van der Waals surface area contributed by atoms with E-state index in [4.69, 9.17) is 0 Å². The number of hydrogen-bond acceptors (Lipinski definition) is 4. The summed E-state index contributed by atoms with van der Waals surface area (Å²) in [6.45, 7) is 9.34. The lowest BCUT2D eigenvalue weighted by atomic mass is 10.2. The molecule has 116 valence electrons. The molecule has 0 aliphatic carbocycles. The van der Waals surface area contributed by atoms with Crippen LogP contribution < -0.4 is 10.0 Å². The van der Waals surface area contributed by atoms with Gasteiger partial charge in [0.1, 0.15) is 0 Å². The summed E-state index contributed by atoms with van der Waals surface area (Å²) in [5.74, 6) is 0.166. The molecule has 0 aromatic carbocycles. The van der Waals surface area contributed by atoms with Crippen molar-refractivity contribution in [2.24, 2.45) is 0 Å². The smallest absolute Gasteiger partial charge is 0.212 e. The number of sulfonamides is 1. The third kappa shape index (κ3) is 11.4. The van der Waals surface area contributed by atoms with Gasteiger partial charge in [0.05, 0.1) is 5.75 Å². The zero-order valence-electron chi connectivity index (χ0n) is 12.9. The summed E-state index contributed by atoms with van der Waals surface area (Å²) in [6.07, 6.45) is 2.93. The minimum Gasteiger partial charge on any atom is -0.316 e. The average Bonchev–Trinajstić information content (AvgIpc) is 2.33. The maximum atomic E-state index is 11.6. The predicted octanol–water partition coefficient (Wildman–Crippen LogP) is 1.03. The van der Waals surface area contributed by atoms with Gasteiger partial charge >= 0.3 is 0 Å². The molecule has 0 fully saturated rings. The van der Waals surface area contributed by atoms with E-state index in [-0.39, 0.29) is 5.75 Å². The lowest BCUT2D eigenvalue weighted by Gasteiger charge is -2.20. The predicted molar refractivity (Wildman–Crippen MR) is 82.0 cm³/mol. The molecule has 0 aliphatic heterocycles. The highest BCUT2D eigenvalue weighted by molar-refractivity contribution is 7.89. The van der Waals surface area contributed by atoms with Crippen molar-refractivity contribution in [1.29, 1.82) is 0 Å². The van der Waals surface area contributed by atoms with Crippen LogP contribution in [0.1, 0.15) is 40.0 Å². The number of nitrogens with one attached hydrogen (secondary N) is 2. The molecule has 0 saturated carbocycles. The third-order valence-electron chi connectivity index (χ3n) is 3.12. The van der Waals surface area contributed by atoms with Gasteiger partial charge in [-0.1, -0.05) is 6.92 Å². The van der Waals surface area contributed by atoms with Gasteiger partial charge in [-0.15, -0.1) is 0 Å². The van der Waals surface area contributed by atoms with E-state index in [0.29, 0.717) is 19.1 Å². The van der Waals surface area contributed by atoms with Crippen LogP contribution in [0.2, 0.25) is 0 Å². The summed E-state index contributed by atoms with van der Waals surface area (Å²) in [5.41, 5.74) is 0. The molecule has 0 heterocycles. The molecule has 0 aromatic rings. The zero-order valence-corrected chi connectivity index (χ0v) is 13.7. The fourth-order valence-corrected chi connectivity index (χ4v) is 2.57. The first-order valence-corrected chi connectivity index (χ1v) is 8.92. The Morgan fingerprint density at radius 1 is 1.11 bits per heavy atom. The lowest BCUT2D eigenvalue weighted by Crippen LogP contribution is -2.33. The summed E-state index contributed by atoms with van der Waals surface area (Å²) in [4.78, 5) is 2.27. The van der Waals surface area contributed by atoms with Crippen molar-refractivity contribution in [2.75, 3.05) is 39.0 Å². The molecular weight excluding hydrogens is 262 g/mol. The fraction of sp³-hybridized carbons (Fsp3) is 1.00. The Morgan fingerprint density at radius 3 is 2.37 bits per heavy atom. The van der Waals surface area contributed by atoms with Crippen molar-refractivity contribution in [3.05, 3.63) is 0 Å². The first-order chi connectivity index (χ1) is 8.89.